The van der Waals surface area contributed by atoms with Gasteiger partial charge in [0.05, 0.1) is 5.56 Å². The lowest BCUT2D eigenvalue weighted by atomic mass is 10.2. The molecule has 0 aliphatic heterocycles. The lowest BCUT2D eigenvalue weighted by molar-refractivity contribution is 0.601. The molecule has 0 saturated heterocycles. The third-order valence-electron chi connectivity index (χ3n) is 1.48. The molecule has 3 nitrogen and oxygen atoms in total. The SMILES string of the molecule is N#Cc1cccc2ncoc12. The average Bonchev–Trinajstić information content (AvgIpc) is 2.50. The van der Waals surface area contributed by atoms with E-state index in [0.29, 0.717) is 11.1 Å². The minimum atomic E-state index is 0.528. The predicted octanol–water partition coefficient (Wildman–Crippen LogP) is 1.70. The molecule has 1 aromatic carbocycles. The van der Waals surface area contributed by atoms with Crippen LogP contribution >= 0.6 is 0 Å². The van der Waals surface area contributed by atoms with E-state index in [9.17, 15) is 0 Å². The number of nitriles is 1. The molecule has 0 radical (unpaired) electrons. The standard InChI is InChI=1S/C8H4N2O/c9-4-6-2-1-3-7-8(6)11-5-10-7/h1-3,5H. The molecule has 52 valence electrons. The predicted molar refractivity (Wildman–Crippen MR) is 38.7 cm³/mol. The summed E-state index contributed by atoms with van der Waals surface area (Å²) >= 11 is 0. The van der Waals surface area contributed by atoms with Gasteiger partial charge < -0.3 is 4.42 Å². The molecule has 11 heavy (non-hydrogen) atoms. The Bertz CT molecular complexity index is 425. The molecule has 2 rings (SSSR count). The summed E-state index contributed by atoms with van der Waals surface area (Å²) in [6, 6.07) is 7.31. The fourth-order valence-corrected chi connectivity index (χ4v) is 0.974. The van der Waals surface area contributed by atoms with E-state index in [4.69, 9.17) is 9.68 Å². The minimum Gasteiger partial charge on any atom is -0.442 e. The minimum absolute atomic E-state index is 0.528. The molecule has 0 atom stereocenters. The lowest BCUT2D eigenvalue weighted by Gasteiger charge is -1.86. The topological polar surface area (TPSA) is 49.8 Å². The molecular weight excluding hydrogens is 140 g/mol. The number of para-hydroxylation sites is 1. The van der Waals surface area contributed by atoms with Crippen molar-refractivity contribution in [2.24, 2.45) is 0 Å². The van der Waals surface area contributed by atoms with Gasteiger partial charge in [-0.15, -0.1) is 0 Å². The van der Waals surface area contributed by atoms with E-state index in [2.05, 4.69) is 4.98 Å². The van der Waals surface area contributed by atoms with Crippen LogP contribution in [0.2, 0.25) is 0 Å². The molecule has 0 saturated carbocycles. The first-order valence-electron chi connectivity index (χ1n) is 3.14. The summed E-state index contributed by atoms with van der Waals surface area (Å²) in [5, 5.41) is 8.62. The van der Waals surface area contributed by atoms with Gasteiger partial charge in [-0.2, -0.15) is 5.26 Å². The van der Waals surface area contributed by atoms with Gasteiger partial charge in [0.15, 0.2) is 12.0 Å². The summed E-state index contributed by atoms with van der Waals surface area (Å²) in [4.78, 5) is 3.91. The van der Waals surface area contributed by atoms with Crippen LogP contribution in [0.4, 0.5) is 0 Å². The number of benzene rings is 1. The van der Waals surface area contributed by atoms with Crippen LogP contribution in [0.3, 0.4) is 0 Å². The van der Waals surface area contributed by atoms with Crippen molar-refractivity contribution < 1.29 is 4.42 Å². The van der Waals surface area contributed by atoms with Crippen LogP contribution in [0, 0.1) is 11.3 Å². The summed E-state index contributed by atoms with van der Waals surface area (Å²) < 4.78 is 5.01. The monoisotopic (exact) mass is 144 g/mol. The number of fused-ring (bicyclic) bond motifs is 1. The van der Waals surface area contributed by atoms with Crippen molar-refractivity contribution >= 4 is 11.1 Å². The Morgan fingerprint density at radius 1 is 1.45 bits per heavy atom. The fourth-order valence-electron chi connectivity index (χ4n) is 0.974. The van der Waals surface area contributed by atoms with E-state index >= 15 is 0 Å². The maximum Gasteiger partial charge on any atom is 0.182 e. The second-order valence-electron chi connectivity index (χ2n) is 2.12. The van der Waals surface area contributed by atoms with Gasteiger partial charge in [0.1, 0.15) is 11.6 Å². The highest BCUT2D eigenvalue weighted by atomic mass is 16.3. The summed E-state index contributed by atoms with van der Waals surface area (Å²) in [5.41, 5.74) is 1.82. The second kappa shape index (κ2) is 2.10. The summed E-state index contributed by atoms with van der Waals surface area (Å²) in [5.74, 6) is 0. The molecule has 0 fully saturated rings. The summed E-state index contributed by atoms with van der Waals surface area (Å²) in [6.07, 6.45) is 1.34. The molecule has 0 unspecified atom stereocenters. The van der Waals surface area contributed by atoms with Gasteiger partial charge in [0, 0.05) is 0 Å². The lowest BCUT2D eigenvalue weighted by Crippen LogP contribution is -1.73. The Morgan fingerprint density at radius 2 is 2.36 bits per heavy atom. The summed E-state index contributed by atoms with van der Waals surface area (Å²) in [7, 11) is 0. The Hall–Kier alpha value is -1.82. The first-order valence-corrected chi connectivity index (χ1v) is 3.14. The smallest absolute Gasteiger partial charge is 0.182 e. The van der Waals surface area contributed by atoms with Gasteiger partial charge in [0.25, 0.3) is 0 Å². The zero-order chi connectivity index (χ0) is 7.68. The van der Waals surface area contributed by atoms with Gasteiger partial charge in [-0.05, 0) is 12.1 Å². The maximum absolute atomic E-state index is 8.62. The third-order valence-corrected chi connectivity index (χ3v) is 1.48. The van der Waals surface area contributed by atoms with Gasteiger partial charge in [0.2, 0.25) is 0 Å². The van der Waals surface area contributed by atoms with Gasteiger partial charge in [-0.1, -0.05) is 6.07 Å². The molecule has 1 aromatic heterocycles. The van der Waals surface area contributed by atoms with E-state index in [0.717, 1.165) is 5.52 Å². The van der Waals surface area contributed by atoms with E-state index in [1.807, 2.05) is 6.07 Å². The molecular formula is C8H4N2O. The molecule has 2 aromatic rings. The third kappa shape index (κ3) is 0.767. The Kier molecular flexibility index (Phi) is 1.13. The van der Waals surface area contributed by atoms with Crippen molar-refractivity contribution in [3.8, 4) is 6.07 Å². The molecule has 0 aliphatic carbocycles. The quantitative estimate of drug-likeness (QED) is 0.565. The largest absolute Gasteiger partial charge is 0.442 e. The van der Waals surface area contributed by atoms with Crippen LogP contribution in [0.25, 0.3) is 11.1 Å². The number of rotatable bonds is 0. The van der Waals surface area contributed by atoms with E-state index in [1.54, 1.807) is 18.2 Å². The van der Waals surface area contributed by atoms with Gasteiger partial charge in [-0.25, -0.2) is 4.98 Å². The highest BCUT2D eigenvalue weighted by molar-refractivity contribution is 5.78. The molecule has 0 N–H and O–H groups in total. The van der Waals surface area contributed by atoms with E-state index in [-0.39, 0.29) is 0 Å². The van der Waals surface area contributed by atoms with Crippen LogP contribution in [0.15, 0.2) is 29.0 Å². The zero-order valence-corrected chi connectivity index (χ0v) is 5.61. The number of hydrogen-bond acceptors (Lipinski definition) is 3. The van der Waals surface area contributed by atoms with Crippen molar-refractivity contribution in [3.05, 3.63) is 30.2 Å². The fraction of sp³-hybridized carbons (Fsp3) is 0. The normalized spacial score (nSPS) is 9.73. The van der Waals surface area contributed by atoms with Crippen molar-refractivity contribution in [3.63, 3.8) is 0 Å². The Morgan fingerprint density at radius 3 is 3.18 bits per heavy atom. The summed E-state index contributed by atoms with van der Waals surface area (Å²) in [6.45, 7) is 0. The van der Waals surface area contributed by atoms with Crippen molar-refractivity contribution in [2.45, 2.75) is 0 Å². The van der Waals surface area contributed by atoms with Crippen LogP contribution in [-0.4, -0.2) is 4.98 Å². The molecule has 0 aliphatic rings. The van der Waals surface area contributed by atoms with Crippen LogP contribution < -0.4 is 0 Å². The van der Waals surface area contributed by atoms with Crippen molar-refractivity contribution in [2.75, 3.05) is 0 Å². The number of hydrogen-bond donors (Lipinski definition) is 0. The van der Waals surface area contributed by atoms with Gasteiger partial charge >= 0.3 is 0 Å². The van der Waals surface area contributed by atoms with Crippen LogP contribution in [0.1, 0.15) is 5.56 Å². The second-order valence-corrected chi connectivity index (χ2v) is 2.12. The number of oxazole rings is 1. The highest BCUT2D eigenvalue weighted by Gasteiger charge is 2.02. The first-order chi connectivity index (χ1) is 5.42. The van der Waals surface area contributed by atoms with Crippen molar-refractivity contribution in [1.29, 1.82) is 5.26 Å². The van der Waals surface area contributed by atoms with E-state index in [1.165, 1.54) is 6.39 Å². The molecule has 0 amide bonds. The maximum atomic E-state index is 8.62. The molecule has 1 heterocycles. The Balaban J connectivity index is 2.92. The zero-order valence-electron chi connectivity index (χ0n) is 5.61. The molecule has 3 heteroatoms. The first kappa shape index (κ1) is 5.93. The van der Waals surface area contributed by atoms with Crippen LogP contribution in [-0.2, 0) is 0 Å². The van der Waals surface area contributed by atoms with E-state index < -0.39 is 0 Å². The number of aromatic nitrogens is 1. The molecule has 0 spiro atoms. The molecule has 0 bridgehead atoms. The average molecular weight is 144 g/mol. The Labute approximate surface area is 62.9 Å². The number of nitrogens with zero attached hydrogens (tertiary/aromatic N) is 2. The van der Waals surface area contributed by atoms with Gasteiger partial charge in [-0.3, -0.25) is 0 Å². The van der Waals surface area contributed by atoms with Crippen LogP contribution in [0.5, 0.6) is 0 Å². The highest BCUT2D eigenvalue weighted by Crippen LogP contribution is 2.15. The van der Waals surface area contributed by atoms with Crippen molar-refractivity contribution in [1.82, 2.24) is 4.98 Å².